The second-order valence-electron chi connectivity index (χ2n) is 5.96. The molecule has 0 N–H and O–H groups in total. The second-order valence-corrected chi connectivity index (χ2v) is 9.32. The Morgan fingerprint density at radius 3 is 2.00 bits per heavy atom. The van der Waals surface area contributed by atoms with E-state index in [1.807, 2.05) is 13.8 Å². The molecule has 3 rings (SSSR count). The molecule has 0 saturated heterocycles. The molecule has 0 unspecified atom stereocenters. The lowest BCUT2D eigenvalue weighted by molar-refractivity contribution is -0.143. The third kappa shape index (κ3) is 4.84. The van der Waals surface area contributed by atoms with Crippen LogP contribution in [-0.4, -0.2) is 15.2 Å². The maximum Gasteiger partial charge on any atom is 0.416 e. The van der Waals surface area contributed by atoms with Gasteiger partial charge < -0.3 is 0 Å². The van der Waals surface area contributed by atoms with E-state index < -0.39 is 23.5 Å². The van der Waals surface area contributed by atoms with Crippen molar-refractivity contribution in [2.75, 3.05) is 0 Å². The fourth-order valence-electron chi connectivity index (χ4n) is 2.11. The highest BCUT2D eigenvalue weighted by Gasteiger charge is 2.37. The molecule has 0 spiro atoms. The van der Waals surface area contributed by atoms with Gasteiger partial charge in [0.05, 0.1) is 16.8 Å². The van der Waals surface area contributed by atoms with Crippen LogP contribution in [0.2, 0.25) is 0 Å². The first-order valence-corrected chi connectivity index (χ1v) is 10.2. The molecule has 0 radical (unpaired) electrons. The summed E-state index contributed by atoms with van der Waals surface area (Å²) in [6.45, 7) is 3.92. The average Bonchev–Trinajstić information content (AvgIpc) is 3.23. The Morgan fingerprint density at radius 2 is 1.50 bits per heavy atom. The molecule has 3 nitrogen and oxygen atoms in total. The van der Waals surface area contributed by atoms with Gasteiger partial charge >= 0.3 is 12.4 Å². The third-order valence-electron chi connectivity index (χ3n) is 3.46. The zero-order chi connectivity index (χ0) is 20.7. The first-order valence-electron chi connectivity index (χ1n) is 7.70. The van der Waals surface area contributed by atoms with Gasteiger partial charge in [-0.25, -0.2) is 4.98 Å². The molecule has 3 aromatic rings. The van der Waals surface area contributed by atoms with Gasteiger partial charge in [0.25, 0.3) is 0 Å². The maximum absolute atomic E-state index is 13.0. The molecule has 0 fully saturated rings. The predicted molar refractivity (Wildman–Crippen MR) is 95.7 cm³/mol. The number of rotatable bonds is 4. The van der Waals surface area contributed by atoms with Crippen LogP contribution in [0.1, 0.15) is 35.9 Å². The second kappa shape index (κ2) is 7.64. The van der Waals surface area contributed by atoms with E-state index in [0.717, 1.165) is 16.3 Å². The summed E-state index contributed by atoms with van der Waals surface area (Å²) < 4.78 is 79.1. The minimum absolute atomic E-state index is 0.0395. The molecule has 2 heterocycles. The molecule has 0 aliphatic heterocycles. The average molecular weight is 455 g/mol. The summed E-state index contributed by atoms with van der Waals surface area (Å²) in [4.78, 5) is 4.16. The van der Waals surface area contributed by atoms with E-state index in [4.69, 9.17) is 0 Å². The number of hydrogen-bond acceptors (Lipinski definition) is 6. The lowest BCUT2D eigenvalue weighted by atomic mass is 10.0. The first kappa shape index (κ1) is 21.1. The van der Waals surface area contributed by atoms with Gasteiger partial charge in [0.15, 0.2) is 8.68 Å². The van der Waals surface area contributed by atoms with Crippen molar-refractivity contribution < 1.29 is 26.3 Å². The summed E-state index contributed by atoms with van der Waals surface area (Å²) in [5, 5.41) is 10.3. The monoisotopic (exact) mass is 455 g/mol. The van der Waals surface area contributed by atoms with Crippen molar-refractivity contribution in [1.82, 2.24) is 15.2 Å². The number of alkyl halides is 6. The van der Waals surface area contributed by atoms with Gasteiger partial charge in [-0.05, 0) is 30.0 Å². The van der Waals surface area contributed by atoms with Crippen LogP contribution in [0.5, 0.6) is 0 Å². The van der Waals surface area contributed by atoms with Crippen LogP contribution < -0.4 is 0 Å². The van der Waals surface area contributed by atoms with E-state index in [2.05, 4.69) is 15.2 Å². The molecular weight excluding hydrogens is 444 g/mol. The Bertz CT molecular complexity index is 942. The molecule has 12 heteroatoms. The van der Waals surface area contributed by atoms with Gasteiger partial charge in [0, 0.05) is 16.9 Å². The summed E-state index contributed by atoms with van der Waals surface area (Å²) in [7, 11) is 0. The van der Waals surface area contributed by atoms with Crippen LogP contribution in [0, 0.1) is 0 Å². The third-order valence-corrected chi connectivity index (χ3v) is 6.67. The molecule has 0 aliphatic carbocycles. The Balaban J connectivity index is 1.93. The number of benzene rings is 1. The molecule has 2 aromatic heterocycles. The lowest BCUT2D eigenvalue weighted by Crippen LogP contribution is -2.11. The van der Waals surface area contributed by atoms with Gasteiger partial charge in [-0.15, -0.1) is 21.5 Å². The van der Waals surface area contributed by atoms with Gasteiger partial charge in [0.1, 0.15) is 5.01 Å². The van der Waals surface area contributed by atoms with E-state index in [-0.39, 0.29) is 23.2 Å². The van der Waals surface area contributed by atoms with Crippen molar-refractivity contribution in [2.24, 2.45) is 0 Å². The number of nitrogens with zero attached hydrogens (tertiary/aromatic N) is 3. The highest BCUT2D eigenvalue weighted by Crippen LogP contribution is 2.40. The van der Waals surface area contributed by atoms with Crippen molar-refractivity contribution >= 4 is 34.4 Å². The van der Waals surface area contributed by atoms with Crippen LogP contribution in [0.3, 0.4) is 0 Å². The first-order chi connectivity index (χ1) is 12.9. The van der Waals surface area contributed by atoms with Crippen molar-refractivity contribution in [1.29, 1.82) is 0 Å². The van der Waals surface area contributed by atoms with Gasteiger partial charge in [-0.3, -0.25) is 0 Å². The highest BCUT2D eigenvalue weighted by atomic mass is 32.2. The van der Waals surface area contributed by atoms with Gasteiger partial charge in [-0.1, -0.05) is 25.2 Å². The van der Waals surface area contributed by atoms with Gasteiger partial charge in [-0.2, -0.15) is 26.3 Å². The molecule has 0 atom stereocenters. The zero-order valence-corrected chi connectivity index (χ0v) is 16.7. The predicted octanol–water partition coefficient (Wildman–Crippen LogP) is 6.97. The van der Waals surface area contributed by atoms with E-state index in [1.165, 1.54) is 28.5 Å². The van der Waals surface area contributed by atoms with Crippen molar-refractivity contribution in [3.8, 4) is 11.3 Å². The van der Waals surface area contributed by atoms with E-state index in [9.17, 15) is 26.3 Å². The Labute approximate surface area is 167 Å². The van der Waals surface area contributed by atoms with Crippen molar-refractivity contribution in [3.63, 3.8) is 0 Å². The summed E-state index contributed by atoms with van der Waals surface area (Å²) >= 11 is 3.64. The molecule has 0 amide bonds. The minimum Gasteiger partial charge on any atom is -0.229 e. The molecule has 28 heavy (non-hydrogen) atoms. The number of hydrogen-bond donors (Lipinski definition) is 0. The smallest absolute Gasteiger partial charge is 0.229 e. The zero-order valence-electron chi connectivity index (χ0n) is 14.2. The molecular formula is C16H11F6N3S3. The number of halogens is 6. The summed E-state index contributed by atoms with van der Waals surface area (Å²) in [5.41, 5.74) is -2.95. The Kier molecular flexibility index (Phi) is 5.74. The molecule has 0 saturated carbocycles. The minimum atomic E-state index is -4.90. The normalized spacial score (nSPS) is 12.8. The van der Waals surface area contributed by atoms with Crippen LogP contribution in [-0.2, 0) is 12.4 Å². The number of thiazole rings is 1. The quantitative estimate of drug-likeness (QED) is 0.398. The van der Waals surface area contributed by atoms with Crippen LogP contribution in [0.4, 0.5) is 26.3 Å². The van der Waals surface area contributed by atoms with Crippen molar-refractivity contribution in [3.05, 3.63) is 39.7 Å². The lowest BCUT2D eigenvalue weighted by Gasteiger charge is -2.13. The fourth-order valence-corrected chi connectivity index (χ4v) is 5.01. The standard InChI is InChI=1S/C16H11F6N3S3/c1-7(2)12-24-25-14(27-12)28-13-23-11(6-26-13)8-3-9(15(17,18)19)5-10(4-8)16(20,21)22/h3-7H,1-2H3. The summed E-state index contributed by atoms with van der Waals surface area (Å²) in [5.74, 6) is 0.199. The van der Waals surface area contributed by atoms with E-state index >= 15 is 0 Å². The molecule has 150 valence electrons. The molecule has 0 bridgehead atoms. The maximum atomic E-state index is 13.0. The van der Waals surface area contributed by atoms with Crippen LogP contribution >= 0.6 is 34.4 Å². The molecule has 0 aliphatic rings. The van der Waals surface area contributed by atoms with E-state index in [0.29, 0.717) is 20.8 Å². The topological polar surface area (TPSA) is 38.7 Å². The van der Waals surface area contributed by atoms with Crippen LogP contribution in [0.15, 0.2) is 32.3 Å². The Morgan fingerprint density at radius 1 is 0.893 bits per heavy atom. The van der Waals surface area contributed by atoms with Gasteiger partial charge in [0.2, 0.25) is 0 Å². The highest BCUT2D eigenvalue weighted by molar-refractivity contribution is 8.02. The molecule has 1 aromatic carbocycles. The summed E-state index contributed by atoms with van der Waals surface area (Å²) in [6, 6.07) is 1.43. The van der Waals surface area contributed by atoms with E-state index in [1.54, 1.807) is 0 Å². The van der Waals surface area contributed by atoms with Crippen LogP contribution in [0.25, 0.3) is 11.3 Å². The van der Waals surface area contributed by atoms with Crippen molar-refractivity contribution in [2.45, 2.75) is 40.8 Å². The largest absolute Gasteiger partial charge is 0.416 e. The fraction of sp³-hybridized carbons (Fsp3) is 0.312. The SMILES string of the molecule is CC(C)c1nnc(Sc2nc(-c3cc(C(F)(F)F)cc(C(F)(F)F)c3)cs2)s1. The Hall–Kier alpha value is -1.66. The number of aromatic nitrogens is 3. The summed E-state index contributed by atoms with van der Waals surface area (Å²) in [6.07, 6.45) is -9.80.